The van der Waals surface area contributed by atoms with E-state index in [0.29, 0.717) is 5.69 Å². The molecule has 1 rings (SSSR count). The molecular formula is C22H32N2O6. The Bertz CT molecular complexity index is 803. The van der Waals surface area contributed by atoms with E-state index in [2.05, 4.69) is 10.3 Å². The zero-order chi connectivity index (χ0) is 23.1. The molecule has 8 heteroatoms. The van der Waals surface area contributed by atoms with Gasteiger partial charge in [0, 0.05) is 0 Å². The number of aliphatic imine (C=N–C) groups is 1. The van der Waals surface area contributed by atoms with Gasteiger partial charge in [0.05, 0.1) is 5.69 Å². The smallest absolute Gasteiger partial charge is 0.408 e. The summed E-state index contributed by atoms with van der Waals surface area (Å²) in [5.41, 5.74) is 0.0353. The first kappa shape index (κ1) is 25.1. The minimum atomic E-state index is -1.25. The van der Waals surface area contributed by atoms with Crippen LogP contribution in [0.15, 0.2) is 29.3 Å². The molecule has 0 saturated heterocycles. The number of esters is 1. The predicted molar refractivity (Wildman–Crippen MR) is 114 cm³/mol. The number of alkyl carbamates (subject to hydrolysis) is 1. The average molecular weight is 421 g/mol. The van der Waals surface area contributed by atoms with Gasteiger partial charge in [-0.05, 0) is 72.9 Å². The number of rotatable bonds is 7. The maximum atomic E-state index is 12.7. The summed E-state index contributed by atoms with van der Waals surface area (Å²) in [5.74, 6) is -1.87. The molecule has 1 aromatic carbocycles. The van der Waals surface area contributed by atoms with E-state index in [1.54, 1.807) is 53.7 Å². The third-order valence-corrected chi connectivity index (χ3v) is 3.66. The van der Waals surface area contributed by atoms with Crippen molar-refractivity contribution >= 4 is 29.4 Å². The Morgan fingerprint density at radius 3 is 2.10 bits per heavy atom. The number of ether oxygens (including phenoxy) is 2. The molecule has 8 nitrogen and oxygen atoms in total. The Hall–Kier alpha value is -2.90. The lowest BCUT2D eigenvalue weighted by atomic mass is 10.1. The molecule has 30 heavy (non-hydrogen) atoms. The highest BCUT2D eigenvalue weighted by Gasteiger charge is 2.27. The fourth-order valence-electron chi connectivity index (χ4n) is 2.36. The zero-order valence-corrected chi connectivity index (χ0v) is 18.7. The van der Waals surface area contributed by atoms with Crippen LogP contribution in [0.2, 0.25) is 0 Å². The molecule has 0 fully saturated rings. The van der Waals surface area contributed by atoms with Crippen LogP contribution in [0.1, 0.15) is 59.9 Å². The van der Waals surface area contributed by atoms with Crippen molar-refractivity contribution in [2.24, 2.45) is 4.99 Å². The molecule has 2 N–H and O–H groups in total. The van der Waals surface area contributed by atoms with Gasteiger partial charge in [0.15, 0.2) is 0 Å². The first-order valence-corrected chi connectivity index (χ1v) is 9.77. The number of aliphatic carboxylic acids is 1. The lowest BCUT2D eigenvalue weighted by Crippen LogP contribution is -2.44. The summed E-state index contributed by atoms with van der Waals surface area (Å²) in [7, 11) is 0. The maximum absolute atomic E-state index is 12.7. The van der Waals surface area contributed by atoms with Gasteiger partial charge in [-0.25, -0.2) is 19.4 Å². The Labute approximate surface area is 177 Å². The molecule has 0 aliphatic carbocycles. The highest BCUT2D eigenvalue weighted by Crippen LogP contribution is 2.20. The summed E-state index contributed by atoms with van der Waals surface area (Å²) in [6, 6.07) is 6.02. The maximum Gasteiger partial charge on any atom is 0.408 e. The van der Waals surface area contributed by atoms with E-state index in [-0.39, 0.29) is 18.6 Å². The highest BCUT2D eigenvalue weighted by atomic mass is 16.6. The molecule has 0 aliphatic heterocycles. The van der Waals surface area contributed by atoms with Crippen molar-refractivity contribution in [1.82, 2.24) is 5.32 Å². The third kappa shape index (κ3) is 9.54. The molecule has 0 bridgehead atoms. The van der Waals surface area contributed by atoms with Gasteiger partial charge in [-0.1, -0.05) is 18.2 Å². The highest BCUT2D eigenvalue weighted by molar-refractivity contribution is 6.37. The van der Waals surface area contributed by atoms with E-state index in [1.165, 1.54) is 0 Å². The number of carbonyl (C=O) groups excluding carboxylic acids is 2. The second-order valence-corrected chi connectivity index (χ2v) is 8.92. The Morgan fingerprint density at radius 2 is 1.60 bits per heavy atom. The zero-order valence-electron chi connectivity index (χ0n) is 18.7. The Morgan fingerprint density at radius 1 is 1.03 bits per heavy atom. The number of carboxylic acids is 1. The van der Waals surface area contributed by atoms with Crippen molar-refractivity contribution in [2.75, 3.05) is 0 Å². The molecule has 166 valence electrons. The van der Waals surface area contributed by atoms with Crippen molar-refractivity contribution in [3.8, 4) is 0 Å². The third-order valence-electron chi connectivity index (χ3n) is 3.66. The van der Waals surface area contributed by atoms with Crippen LogP contribution < -0.4 is 5.32 Å². The van der Waals surface area contributed by atoms with E-state index in [9.17, 15) is 19.5 Å². The largest absolute Gasteiger partial charge is 0.480 e. The SMILES string of the molecule is Cc1ccccc1/N=C(/CCC(NC(=O)OC(C)(C)C)C(=O)O)C(=O)OC(C)(C)C. The lowest BCUT2D eigenvalue weighted by Gasteiger charge is -2.22. The molecule has 0 heterocycles. The van der Waals surface area contributed by atoms with Crippen LogP contribution in [-0.2, 0) is 19.1 Å². The number of aryl methyl sites for hydroxylation is 1. The summed E-state index contributed by atoms with van der Waals surface area (Å²) in [6.07, 6.45) is -0.904. The minimum Gasteiger partial charge on any atom is -0.480 e. The second kappa shape index (κ2) is 10.2. The number of carboxylic acid groups (broad SMARTS) is 1. The van der Waals surface area contributed by atoms with Crippen molar-refractivity contribution in [2.45, 2.75) is 78.6 Å². The molecule has 1 atom stereocenters. The van der Waals surface area contributed by atoms with Gasteiger partial charge in [-0.2, -0.15) is 0 Å². The van der Waals surface area contributed by atoms with Gasteiger partial charge < -0.3 is 19.9 Å². The monoisotopic (exact) mass is 420 g/mol. The number of hydrogen-bond acceptors (Lipinski definition) is 6. The molecule has 0 spiro atoms. The molecule has 1 unspecified atom stereocenters. The van der Waals surface area contributed by atoms with Crippen LogP contribution in [0.3, 0.4) is 0 Å². The molecule has 1 amide bonds. The summed E-state index contributed by atoms with van der Waals surface area (Å²) >= 11 is 0. The Kier molecular flexibility index (Phi) is 8.57. The number of nitrogens with zero attached hydrogens (tertiary/aromatic N) is 1. The summed E-state index contributed by atoms with van der Waals surface area (Å²) < 4.78 is 10.5. The number of amides is 1. The number of para-hydroxylation sites is 1. The van der Waals surface area contributed by atoms with Crippen LogP contribution in [0.25, 0.3) is 0 Å². The van der Waals surface area contributed by atoms with Gasteiger partial charge in [0.1, 0.15) is 23.0 Å². The van der Waals surface area contributed by atoms with Gasteiger partial charge in [-0.15, -0.1) is 0 Å². The number of carbonyl (C=O) groups is 3. The number of benzene rings is 1. The van der Waals surface area contributed by atoms with Crippen molar-refractivity contribution < 1.29 is 29.0 Å². The first-order chi connectivity index (χ1) is 13.7. The molecule has 0 radical (unpaired) electrons. The van der Waals surface area contributed by atoms with Crippen molar-refractivity contribution in [3.63, 3.8) is 0 Å². The lowest BCUT2D eigenvalue weighted by molar-refractivity contribution is -0.146. The van der Waals surface area contributed by atoms with E-state index in [1.807, 2.05) is 19.1 Å². The molecule has 0 saturated carbocycles. The van der Waals surface area contributed by atoms with Crippen LogP contribution in [0, 0.1) is 6.92 Å². The van der Waals surface area contributed by atoms with E-state index in [0.717, 1.165) is 5.56 Å². The van der Waals surface area contributed by atoms with Gasteiger partial charge in [0.25, 0.3) is 0 Å². The van der Waals surface area contributed by atoms with Crippen molar-refractivity contribution in [1.29, 1.82) is 0 Å². The quantitative estimate of drug-likeness (QED) is 0.505. The molecule has 0 aromatic heterocycles. The Balaban J connectivity index is 3.04. The van der Waals surface area contributed by atoms with Gasteiger partial charge in [0.2, 0.25) is 0 Å². The van der Waals surface area contributed by atoms with Gasteiger partial charge >= 0.3 is 18.0 Å². The minimum absolute atomic E-state index is 0.00396. The second-order valence-electron chi connectivity index (χ2n) is 8.92. The van der Waals surface area contributed by atoms with E-state index >= 15 is 0 Å². The average Bonchev–Trinajstić information content (AvgIpc) is 2.55. The van der Waals surface area contributed by atoms with Crippen LogP contribution in [-0.4, -0.2) is 46.1 Å². The van der Waals surface area contributed by atoms with Gasteiger partial charge in [-0.3, -0.25) is 0 Å². The fourth-order valence-corrected chi connectivity index (χ4v) is 2.36. The van der Waals surface area contributed by atoms with Crippen LogP contribution >= 0.6 is 0 Å². The summed E-state index contributed by atoms with van der Waals surface area (Å²) in [5, 5.41) is 11.8. The summed E-state index contributed by atoms with van der Waals surface area (Å²) in [6.45, 7) is 12.1. The van der Waals surface area contributed by atoms with Crippen molar-refractivity contribution in [3.05, 3.63) is 29.8 Å². The normalized spacial score (nSPS) is 13.4. The first-order valence-electron chi connectivity index (χ1n) is 9.77. The molecule has 1 aromatic rings. The van der Waals surface area contributed by atoms with Crippen LogP contribution in [0.4, 0.5) is 10.5 Å². The predicted octanol–water partition coefficient (Wildman–Crippen LogP) is 4.17. The number of nitrogens with one attached hydrogen (secondary N) is 1. The summed E-state index contributed by atoms with van der Waals surface area (Å²) in [4.78, 5) is 40.6. The standard InChI is InChI=1S/C22H32N2O6/c1-14-10-8-9-11-15(14)23-17(19(27)29-21(2,3)4)13-12-16(18(25)26)24-20(28)30-22(5,6)7/h8-11,16H,12-13H2,1-7H3,(H,24,28)(H,25,26)/b23-17-. The molecule has 0 aliphatic rings. The van der Waals surface area contributed by atoms with Crippen LogP contribution in [0.5, 0.6) is 0 Å². The van der Waals surface area contributed by atoms with E-state index < -0.39 is 35.3 Å². The van der Waals surface area contributed by atoms with E-state index in [4.69, 9.17) is 9.47 Å². The molecular weight excluding hydrogens is 388 g/mol. The number of hydrogen-bond donors (Lipinski definition) is 2. The fraction of sp³-hybridized carbons (Fsp3) is 0.545. The topological polar surface area (TPSA) is 114 Å².